The van der Waals surface area contributed by atoms with Crippen LogP contribution in [0.4, 0.5) is 5.69 Å². The maximum Gasteiger partial charge on any atom is 0.326 e. The summed E-state index contributed by atoms with van der Waals surface area (Å²) < 4.78 is 0. The van der Waals surface area contributed by atoms with Crippen LogP contribution in [0.5, 0.6) is 0 Å². The number of para-hydroxylation sites is 1. The largest absolute Gasteiger partial charge is 0.480 e. The third-order valence-corrected chi connectivity index (χ3v) is 8.95. The van der Waals surface area contributed by atoms with Crippen molar-refractivity contribution >= 4 is 53.3 Å². The number of Topliss-reactive ketones (excluding diaryl/α,β-unsaturated/α-hetero) is 1. The van der Waals surface area contributed by atoms with Gasteiger partial charge in [-0.25, -0.2) is 9.78 Å². The van der Waals surface area contributed by atoms with Crippen molar-refractivity contribution in [1.82, 2.24) is 31.2 Å². The van der Waals surface area contributed by atoms with Gasteiger partial charge >= 0.3 is 5.97 Å². The highest BCUT2D eigenvalue weighted by atomic mass is 16.4. The van der Waals surface area contributed by atoms with Gasteiger partial charge in [0, 0.05) is 42.5 Å². The number of benzene rings is 1. The van der Waals surface area contributed by atoms with Crippen molar-refractivity contribution in [3.8, 4) is 0 Å². The molecule has 18 N–H and O–H groups in total. The van der Waals surface area contributed by atoms with Gasteiger partial charge in [0.15, 0.2) is 11.7 Å². The Labute approximate surface area is 350 Å². The van der Waals surface area contributed by atoms with Gasteiger partial charge in [0.25, 0.3) is 0 Å². The van der Waals surface area contributed by atoms with Gasteiger partial charge < -0.3 is 70.6 Å². The number of carboxylic acids is 1. The molecule has 60 heavy (non-hydrogen) atoms. The van der Waals surface area contributed by atoms with Crippen LogP contribution in [-0.2, 0) is 35.2 Å². The second-order valence-corrected chi connectivity index (χ2v) is 15.0. The summed E-state index contributed by atoms with van der Waals surface area (Å²) in [6, 6.07) is 0.666. The summed E-state index contributed by atoms with van der Waals surface area (Å²) in [6.45, 7) is 8.23. The summed E-state index contributed by atoms with van der Waals surface area (Å²) in [6.07, 6.45) is 6.59. The molecule has 0 saturated carbocycles. The minimum Gasteiger partial charge on any atom is -0.480 e. The molecule has 21 heteroatoms. The van der Waals surface area contributed by atoms with Gasteiger partial charge in [-0.3, -0.25) is 29.0 Å². The molecule has 334 valence electrons. The van der Waals surface area contributed by atoms with Crippen LogP contribution in [-0.4, -0.2) is 112 Å². The van der Waals surface area contributed by atoms with E-state index < -0.39 is 78.1 Å². The number of carboxylic acid groups (broad SMARTS) is 1. The number of aldehydes is 1. The Balaban J connectivity index is 0.000000614. The number of nitrogen functional groups attached to an aromatic ring is 1. The van der Waals surface area contributed by atoms with Crippen molar-refractivity contribution in [2.24, 2.45) is 45.5 Å². The lowest BCUT2D eigenvalue weighted by atomic mass is 9.99. The van der Waals surface area contributed by atoms with Crippen molar-refractivity contribution < 1.29 is 38.7 Å². The highest BCUT2D eigenvalue weighted by molar-refractivity contribution is 6.03. The van der Waals surface area contributed by atoms with Crippen molar-refractivity contribution in [2.45, 2.75) is 115 Å². The summed E-state index contributed by atoms with van der Waals surface area (Å²) in [7, 11) is 0. The van der Waals surface area contributed by atoms with Crippen LogP contribution >= 0.6 is 0 Å². The first-order valence-corrected chi connectivity index (χ1v) is 19.8. The normalized spacial score (nSPS) is 13.9. The third-order valence-electron chi connectivity index (χ3n) is 8.95. The number of unbranched alkanes of at least 4 members (excludes halogenated alkanes) is 1. The number of carbonyl (C=O) groups excluding carboxylic acids is 6. The van der Waals surface area contributed by atoms with E-state index in [4.69, 9.17) is 34.4 Å². The Morgan fingerprint density at radius 2 is 1.50 bits per heavy atom. The monoisotopic (exact) mass is 844 g/mol. The number of nitrogens with zero attached hydrogens (tertiary/aromatic N) is 2. The number of anilines is 1. The second kappa shape index (κ2) is 27.7. The zero-order valence-corrected chi connectivity index (χ0v) is 34.9. The number of carbonyl (C=O) groups is 7. The molecular weight excluding hydrogens is 779 g/mol. The van der Waals surface area contributed by atoms with E-state index in [1.165, 1.54) is 18.5 Å². The molecular formula is C39H65N13O8. The van der Waals surface area contributed by atoms with Crippen molar-refractivity contribution in [3.63, 3.8) is 0 Å². The average molecular weight is 844 g/mol. The zero-order valence-electron chi connectivity index (χ0n) is 34.9. The molecule has 0 fully saturated rings. The van der Waals surface area contributed by atoms with E-state index in [-0.39, 0.29) is 41.9 Å². The topological polar surface area (TPSA) is 385 Å². The van der Waals surface area contributed by atoms with E-state index in [1.54, 1.807) is 32.2 Å². The van der Waals surface area contributed by atoms with Gasteiger partial charge in [0.05, 0.1) is 24.5 Å². The van der Waals surface area contributed by atoms with Gasteiger partial charge in [-0.2, -0.15) is 0 Å². The highest BCUT2D eigenvalue weighted by Crippen LogP contribution is 2.15. The van der Waals surface area contributed by atoms with E-state index in [1.807, 2.05) is 13.8 Å². The van der Waals surface area contributed by atoms with Gasteiger partial charge in [-0.1, -0.05) is 39.8 Å². The van der Waals surface area contributed by atoms with E-state index in [0.29, 0.717) is 44.3 Å². The van der Waals surface area contributed by atoms with E-state index in [9.17, 15) is 38.7 Å². The Kier molecular flexibility index (Phi) is 24.0. The first-order chi connectivity index (χ1) is 28.3. The number of hydrogen-bond donors (Lipinski definition) is 12. The molecule has 0 spiro atoms. The predicted octanol–water partition coefficient (Wildman–Crippen LogP) is -1.44. The number of rotatable bonds is 26. The van der Waals surface area contributed by atoms with Crippen molar-refractivity contribution in [2.75, 3.05) is 18.8 Å². The van der Waals surface area contributed by atoms with Gasteiger partial charge in [-0.15, -0.1) is 0 Å². The van der Waals surface area contributed by atoms with E-state index >= 15 is 0 Å². The summed E-state index contributed by atoms with van der Waals surface area (Å²) in [5.74, 6) is -4.19. The highest BCUT2D eigenvalue weighted by Gasteiger charge is 2.31. The fourth-order valence-electron chi connectivity index (χ4n) is 5.63. The first kappa shape index (κ1) is 52.1. The van der Waals surface area contributed by atoms with Crippen LogP contribution in [0.2, 0.25) is 0 Å². The Morgan fingerprint density at radius 3 is 2.05 bits per heavy atom. The number of nitrogens with two attached hydrogens (primary N) is 6. The fourth-order valence-corrected chi connectivity index (χ4v) is 5.63. The van der Waals surface area contributed by atoms with Gasteiger partial charge in [0.1, 0.15) is 24.4 Å². The minimum atomic E-state index is -1.49. The number of nitrogens with one attached hydrogen (secondary N) is 5. The van der Waals surface area contributed by atoms with Crippen LogP contribution in [0, 0.1) is 11.8 Å². The van der Waals surface area contributed by atoms with Crippen LogP contribution < -0.4 is 55.7 Å². The molecule has 1 heterocycles. The Bertz CT molecular complexity index is 1700. The molecule has 0 aliphatic heterocycles. The number of hydrogen-bond acceptors (Lipinski definition) is 13. The van der Waals surface area contributed by atoms with Crippen LogP contribution in [0.1, 0.15) is 88.7 Å². The molecule has 1 aromatic carbocycles. The molecule has 1 aromatic heterocycles. The van der Waals surface area contributed by atoms with Crippen LogP contribution in [0.15, 0.2) is 41.8 Å². The number of ketones is 1. The number of amides is 4. The zero-order chi connectivity index (χ0) is 45.4. The van der Waals surface area contributed by atoms with Crippen LogP contribution in [0.25, 0.3) is 0 Å². The summed E-state index contributed by atoms with van der Waals surface area (Å²) >= 11 is 0. The lowest BCUT2D eigenvalue weighted by molar-refractivity contribution is -0.142. The van der Waals surface area contributed by atoms with Crippen molar-refractivity contribution in [1.29, 1.82) is 0 Å². The number of aromatic amines is 1. The number of aliphatic carboxylic acids is 1. The number of H-pyrrole nitrogens is 1. The number of aliphatic imine (C=N–C) groups is 1. The first-order valence-electron chi connectivity index (χ1n) is 19.8. The number of guanidine groups is 1. The molecule has 4 amide bonds. The number of imidazole rings is 1. The SMILES string of the molecule is CC(C)C[C@H](NC(=O)[C@@H](N)Cc1cnc[nH]1)C(=O)N[C@@H](CC(=O)c1ccccc1N)C(=O)O.CC(C)[C@H](NC(=O)[C@@H](N)CCCN=C(N)N)C(=O)N[C@H](C=O)CCCCN. The minimum absolute atomic E-state index is 0.0129. The van der Waals surface area contributed by atoms with E-state index in [0.717, 1.165) is 12.8 Å². The fraction of sp³-hybridized carbons (Fsp3) is 0.564. The summed E-state index contributed by atoms with van der Waals surface area (Å²) in [5.41, 5.74) is 34.5. The van der Waals surface area contributed by atoms with Crippen LogP contribution in [0.3, 0.4) is 0 Å². The molecule has 2 rings (SSSR count). The summed E-state index contributed by atoms with van der Waals surface area (Å²) in [4.78, 5) is 96.2. The molecule has 0 unspecified atom stereocenters. The smallest absolute Gasteiger partial charge is 0.326 e. The molecule has 21 nitrogen and oxygen atoms in total. The molecule has 0 saturated heterocycles. The molecule has 6 atom stereocenters. The average Bonchev–Trinajstić information content (AvgIpc) is 3.70. The maximum absolute atomic E-state index is 12.9. The third kappa shape index (κ3) is 20.2. The lowest BCUT2D eigenvalue weighted by Crippen LogP contribution is -2.55. The molecule has 0 aliphatic rings. The molecule has 0 radical (unpaired) electrons. The predicted molar refractivity (Wildman–Crippen MR) is 227 cm³/mol. The molecule has 2 aromatic rings. The Hall–Kier alpha value is -5.93. The second-order valence-electron chi connectivity index (χ2n) is 15.0. The van der Waals surface area contributed by atoms with Gasteiger partial charge in [-0.05, 0) is 69.0 Å². The standard InChI is InChI=1S/C22H30N6O5.C17H35N7O3/c1-12(2)7-17(27-20(30)16(24)8-13-10-25-11-26-13)21(31)28-18(22(32)33)9-19(29)14-5-3-4-6-15(14)23;1-11(2)14(16(27)23-12(10-25)6-3-4-8-18)24-15(26)13(19)7-5-9-22-17(20)21/h3-6,10-12,16-18H,7-9,23-24H2,1-2H3,(H,25,26)(H,27,30)(H,28,31)(H,32,33);10-14H,3-9,18-19H2,1-2H3,(H,23,27)(H,24,26)(H4,20,21,22)/t16-,17-,18-;12-,13-,14-/m00/s1. The van der Waals surface area contributed by atoms with Crippen molar-refractivity contribution in [3.05, 3.63) is 48.0 Å². The molecule has 0 bridgehead atoms. The quantitative estimate of drug-likeness (QED) is 0.0129. The van der Waals surface area contributed by atoms with Gasteiger partial charge in [0.2, 0.25) is 23.6 Å². The maximum atomic E-state index is 12.9. The Morgan fingerprint density at radius 1 is 0.850 bits per heavy atom. The lowest BCUT2D eigenvalue weighted by Gasteiger charge is -2.25. The number of aromatic nitrogens is 2. The summed E-state index contributed by atoms with van der Waals surface area (Å²) in [5, 5.41) is 19.8. The molecule has 0 aliphatic carbocycles. The van der Waals surface area contributed by atoms with E-state index in [2.05, 4.69) is 36.2 Å².